The predicted octanol–water partition coefficient (Wildman–Crippen LogP) is 1.99. The number of carbonyl (C=O) groups excluding carboxylic acids is 2. The summed E-state index contributed by atoms with van der Waals surface area (Å²) in [5, 5.41) is 10.8. The van der Waals surface area contributed by atoms with Gasteiger partial charge in [0.1, 0.15) is 11.8 Å². The Morgan fingerprint density at radius 3 is 2.65 bits per heavy atom. The number of nitro benzene ring substituents is 1. The summed E-state index contributed by atoms with van der Waals surface area (Å²) in [4.78, 5) is 32.4. The molecule has 1 rings (SSSR count). The van der Waals surface area contributed by atoms with E-state index in [0.29, 0.717) is 6.29 Å². The lowest BCUT2D eigenvalue weighted by Gasteiger charge is -2.06. The number of hydrogen-bond donors (Lipinski definition) is 0. The zero-order valence-electron chi connectivity index (χ0n) is 8.81. The average Bonchev–Trinajstić information content (AvgIpc) is 2.35. The number of ether oxygens (including phenoxy) is 1. The molecule has 0 amide bonds. The van der Waals surface area contributed by atoms with Crippen LogP contribution >= 0.6 is 15.9 Å². The highest BCUT2D eigenvalue weighted by Crippen LogP contribution is 2.32. The fourth-order valence-corrected chi connectivity index (χ4v) is 1.63. The van der Waals surface area contributed by atoms with Crippen molar-refractivity contribution in [1.29, 1.82) is 0 Å². The van der Waals surface area contributed by atoms with E-state index in [1.54, 1.807) is 0 Å². The Balaban J connectivity index is 3.57. The molecule has 0 heterocycles. The predicted molar refractivity (Wildman–Crippen MR) is 63.2 cm³/mol. The third-order valence-corrected chi connectivity index (χ3v) is 2.57. The number of halogens is 1. The largest absolute Gasteiger partial charge is 0.490 e. The van der Waals surface area contributed by atoms with Gasteiger partial charge in [-0.2, -0.15) is 0 Å². The molecule has 0 aliphatic carbocycles. The molecule has 0 aliphatic heterocycles. The fraction of sp³-hybridized carbons (Fsp3) is 0.200. The molecule has 1 aromatic rings. The highest BCUT2D eigenvalue weighted by molar-refractivity contribution is 9.09. The smallest absolute Gasteiger partial charge is 0.321 e. The lowest BCUT2D eigenvalue weighted by atomic mass is 10.1. The molecule has 90 valence electrons. The molecule has 0 unspecified atom stereocenters. The Kier molecular flexibility index (Phi) is 4.33. The Morgan fingerprint density at radius 2 is 2.24 bits per heavy atom. The van der Waals surface area contributed by atoms with Crippen LogP contribution in [0.2, 0.25) is 0 Å². The van der Waals surface area contributed by atoms with Crippen molar-refractivity contribution in [1.82, 2.24) is 0 Å². The standard InChI is InChI=1S/C10H8BrNO5/c1-17-9-3-6(5-13)2-7(8(14)4-11)10(9)12(15)16/h2-3,5H,4H2,1H3. The Labute approximate surface area is 105 Å². The quantitative estimate of drug-likeness (QED) is 0.273. The van der Waals surface area contributed by atoms with E-state index in [2.05, 4.69) is 15.9 Å². The number of rotatable bonds is 5. The Hall–Kier alpha value is -1.76. The van der Waals surface area contributed by atoms with Crippen LogP contribution in [0.4, 0.5) is 5.69 Å². The van der Waals surface area contributed by atoms with Gasteiger partial charge in [-0.3, -0.25) is 19.7 Å². The normalized spacial score (nSPS) is 9.76. The maximum atomic E-state index is 11.6. The molecule has 7 heteroatoms. The first kappa shape index (κ1) is 13.3. The van der Waals surface area contributed by atoms with Crippen LogP contribution in [0, 0.1) is 10.1 Å². The van der Waals surface area contributed by atoms with Crippen molar-refractivity contribution in [3.05, 3.63) is 33.4 Å². The minimum atomic E-state index is -0.705. The van der Waals surface area contributed by atoms with Gasteiger partial charge in [0, 0.05) is 5.56 Å². The minimum absolute atomic E-state index is 0.0701. The molecule has 0 saturated heterocycles. The highest BCUT2D eigenvalue weighted by Gasteiger charge is 2.26. The van der Waals surface area contributed by atoms with E-state index in [9.17, 15) is 19.7 Å². The van der Waals surface area contributed by atoms with Crippen LogP contribution in [0.5, 0.6) is 5.75 Å². The lowest BCUT2D eigenvalue weighted by molar-refractivity contribution is -0.386. The molecular weight excluding hydrogens is 294 g/mol. The summed E-state index contributed by atoms with van der Waals surface area (Å²) in [5.74, 6) is -0.595. The molecule has 0 fully saturated rings. The third-order valence-electron chi connectivity index (χ3n) is 2.06. The number of nitrogens with zero attached hydrogens (tertiary/aromatic N) is 1. The minimum Gasteiger partial charge on any atom is -0.490 e. The second-order valence-corrected chi connectivity index (χ2v) is 3.61. The number of benzene rings is 1. The first-order chi connectivity index (χ1) is 8.04. The zero-order chi connectivity index (χ0) is 13.0. The van der Waals surface area contributed by atoms with Gasteiger partial charge in [0.15, 0.2) is 11.5 Å². The molecule has 0 spiro atoms. The van der Waals surface area contributed by atoms with Crippen LogP contribution in [0.15, 0.2) is 12.1 Å². The fourth-order valence-electron chi connectivity index (χ4n) is 1.33. The van der Waals surface area contributed by atoms with Crippen molar-refractivity contribution >= 4 is 33.7 Å². The number of ketones is 1. The van der Waals surface area contributed by atoms with Crippen LogP contribution in [-0.2, 0) is 0 Å². The van der Waals surface area contributed by atoms with Crippen LogP contribution in [-0.4, -0.2) is 29.4 Å². The van der Waals surface area contributed by atoms with Gasteiger partial charge >= 0.3 is 5.69 Å². The van der Waals surface area contributed by atoms with E-state index in [1.807, 2.05) is 0 Å². The van der Waals surface area contributed by atoms with Crippen LogP contribution in [0.1, 0.15) is 20.7 Å². The summed E-state index contributed by atoms with van der Waals surface area (Å²) in [6.45, 7) is 0. The van der Waals surface area contributed by atoms with Gasteiger partial charge in [-0.1, -0.05) is 15.9 Å². The number of nitro groups is 1. The van der Waals surface area contributed by atoms with E-state index in [4.69, 9.17) is 4.74 Å². The molecule has 6 nitrogen and oxygen atoms in total. The van der Waals surface area contributed by atoms with Gasteiger partial charge in [0.2, 0.25) is 0 Å². The Bertz CT molecular complexity index is 486. The summed E-state index contributed by atoms with van der Waals surface area (Å²) in [7, 11) is 1.24. The topological polar surface area (TPSA) is 86.5 Å². The van der Waals surface area contributed by atoms with Gasteiger partial charge in [0.05, 0.1) is 17.4 Å². The number of alkyl halides is 1. The van der Waals surface area contributed by atoms with Crippen LogP contribution in [0.25, 0.3) is 0 Å². The first-order valence-electron chi connectivity index (χ1n) is 4.46. The monoisotopic (exact) mass is 301 g/mol. The third kappa shape index (κ3) is 2.68. The van der Waals surface area contributed by atoms with Crippen molar-refractivity contribution in [2.45, 2.75) is 0 Å². The maximum absolute atomic E-state index is 11.6. The van der Waals surface area contributed by atoms with Gasteiger partial charge in [-0.05, 0) is 12.1 Å². The van der Waals surface area contributed by atoms with Crippen LogP contribution in [0.3, 0.4) is 0 Å². The van der Waals surface area contributed by atoms with E-state index in [0.717, 1.165) is 0 Å². The first-order valence-corrected chi connectivity index (χ1v) is 5.58. The number of aldehydes is 1. The van der Waals surface area contributed by atoms with Crippen molar-refractivity contribution in [2.75, 3.05) is 12.4 Å². The molecular formula is C10H8BrNO5. The van der Waals surface area contributed by atoms with Crippen molar-refractivity contribution in [3.8, 4) is 5.75 Å². The molecule has 0 aromatic heterocycles. The SMILES string of the molecule is COc1cc(C=O)cc(C(=O)CBr)c1[N+](=O)[O-]. The molecule has 1 aromatic carbocycles. The number of hydrogen-bond acceptors (Lipinski definition) is 5. The van der Waals surface area contributed by atoms with Crippen molar-refractivity contribution in [2.24, 2.45) is 0 Å². The van der Waals surface area contributed by atoms with E-state index in [-0.39, 0.29) is 22.2 Å². The van der Waals surface area contributed by atoms with Gasteiger partial charge in [0.25, 0.3) is 0 Å². The van der Waals surface area contributed by atoms with Gasteiger partial charge < -0.3 is 4.74 Å². The molecule has 0 N–H and O–H groups in total. The van der Waals surface area contributed by atoms with Crippen molar-refractivity contribution < 1.29 is 19.2 Å². The van der Waals surface area contributed by atoms with E-state index in [1.165, 1.54) is 19.2 Å². The molecule has 0 aliphatic rings. The zero-order valence-corrected chi connectivity index (χ0v) is 10.4. The lowest BCUT2D eigenvalue weighted by Crippen LogP contribution is -2.07. The second-order valence-electron chi connectivity index (χ2n) is 3.05. The Morgan fingerprint density at radius 1 is 1.59 bits per heavy atom. The molecule has 17 heavy (non-hydrogen) atoms. The number of methoxy groups -OCH3 is 1. The molecule has 0 saturated carbocycles. The summed E-state index contributed by atoms with van der Waals surface area (Å²) in [6.07, 6.45) is 0.497. The summed E-state index contributed by atoms with van der Waals surface area (Å²) in [5.41, 5.74) is -0.423. The maximum Gasteiger partial charge on any atom is 0.321 e. The van der Waals surface area contributed by atoms with Crippen LogP contribution < -0.4 is 4.74 Å². The average molecular weight is 302 g/mol. The van der Waals surface area contributed by atoms with E-state index < -0.39 is 16.4 Å². The summed E-state index contributed by atoms with van der Waals surface area (Å²) in [6, 6.07) is 2.40. The summed E-state index contributed by atoms with van der Waals surface area (Å²) < 4.78 is 4.82. The number of Topliss-reactive ketones (excluding diaryl/α,β-unsaturated/α-hetero) is 1. The van der Waals surface area contributed by atoms with Crippen molar-refractivity contribution in [3.63, 3.8) is 0 Å². The van der Waals surface area contributed by atoms with Gasteiger partial charge in [-0.15, -0.1) is 0 Å². The second kappa shape index (κ2) is 5.53. The molecule has 0 bridgehead atoms. The summed E-state index contributed by atoms with van der Waals surface area (Å²) >= 11 is 2.93. The van der Waals surface area contributed by atoms with E-state index >= 15 is 0 Å². The molecule has 0 radical (unpaired) electrons. The van der Waals surface area contributed by atoms with Gasteiger partial charge in [-0.25, -0.2) is 0 Å². The number of carbonyl (C=O) groups is 2. The molecule has 0 atom stereocenters. The highest BCUT2D eigenvalue weighted by atomic mass is 79.9.